The van der Waals surface area contributed by atoms with Crippen molar-refractivity contribution in [3.8, 4) is 0 Å². The average Bonchev–Trinajstić information content (AvgIpc) is 3.13. The van der Waals surface area contributed by atoms with Gasteiger partial charge in [-0.2, -0.15) is 10.1 Å². The second-order valence-corrected chi connectivity index (χ2v) is 8.85. The molecule has 33 heavy (non-hydrogen) atoms. The Kier molecular flexibility index (Phi) is 5.26. The van der Waals surface area contributed by atoms with E-state index in [1.807, 2.05) is 13.8 Å². The van der Waals surface area contributed by atoms with E-state index in [-0.39, 0.29) is 25.7 Å². The van der Waals surface area contributed by atoms with Crippen LogP contribution < -0.4 is 15.1 Å². The maximum atomic E-state index is 13.9. The van der Waals surface area contributed by atoms with Crippen LogP contribution in [0.2, 0.25) is 0 Å². The summed E-state index contributed by atoms with van der Waals surface area (Å²) in [5.74, 6) is -0.842. The molecule has 0 bridgehead atoms. The van der Waals surface area contributed by atoms with Gasteiger partial charge in [0.05, 0.1) is 36.6 Å². The van der Waals surface area contributed by atoms with Crippen LogP contribution in [-0.2, 0) is 0 Å². The van der Waals surface area contributed by atoms with E-state index in [0.29, 0.717) is 41.8 Å². The smallest absolute Gasteiger partial charge is 0.282 e. The number of nitrogens with one attached hydrogen (secondary N) is 1. The molecule has 0 aromatic carbocycles. The quantitative estimate of drug-likeness (QED) is 0.598. The molecule has 3 aromatic rings. The van der Waals surface area contributed by atoms with E-state index in [9.17, 15) is 18.3 Å². The van der Waals surface area contributed by atoms with E-state index in [1.54, 1.807) is 39.0 Å². The predicted octanol–water partition coefficient (Wildman–Crippen LogP) is 2.91. The van der Waals surface area contributed by atoms with Crippen molar-refractivity contribution in [1.29, 1.82) is 0 Å². The predicted molar refractivity (Wildman–Crippen MR) is 118 cm³/mol. The van der Waals surface area contributed by atoms with Gasteiger partial charge < -0.3 is 20.2 Å². The summed E-state index contributed by atoms with van der Waals surface area (Å²) >= 11 is 0. The lowest BCUT2D eigenvalue weighted by atomic mass is 10.1. The van der Waals surface area contributed by atoms with Gasteiger partial charge in [0, 0.05) is 31.0 Å². The molecule has 2 aliphatic heterocycles. The summed E-state index contributed by atoms with van der Waals surface area (Å²) < 4.78 is 42.5. The summed E-state index contributed by atoms with van der Waals surface area (Å²) in [4.78, 5) is 16.4. The number of fused-ring (bicyclic) bond motifs is 1. The van der Waals surface area contributed by atoms with E-state index < -0.39 is 18.2 Å². The second-order valence-electron chi connectivity index (χ2n) is 8.85. The normalized spacial score (nSPS) is 22.6. The zero-order valence-corrected chi connectivity index (χ0v) is 18.3. The summed E-state index contributed by atoms with van der Waals surface area (Å²) in [6.07, 6.45) is 1.20. The van der Waals surface area contributed by atoms with E-state index in [1.165, 1.54) is 0 Å². The molecular formula is C21H25F3N8O. The Morgan fingerprint density at radius 1 is 1.18 bits per heavy atom. The Bertz CT molecular complexity index is 1160. The number of aromatic nitrogens is 5. The summed E-state index contributed by atoms with van der Waals surface area (Å²) in [5.41, 5.74) is 0.771. The molecule has 0 amide bonds. The summed E-state index contributed by atoms with van der Waals surface area (Å²) in [6, 6.07) is 3.50. The van der Waals surface area contributed by atoms with Crippen LogP contribution >= 0.6 is 0 Å². The zero-order valence-electron chi connectivity index (χ0n) is 18.3. The topological polar surface area (TPSA) is 95.2 Å². The highest BCUT2D eigenvalue weighted by atomic mass is 19.3. The molecule has 2 N–H and O–H groups in total. The van der Waals surface area contributed by atoms with Crippen LogP contribution in [0.4, 0.5) is 36.6 Å². The lowest BCUT2D eigenvalue weighted by molar-refractivity contribution is -0.0266. The molecule has 0 aliphatic carbocycles. The van der Waals surface area contributed by atoms with Crippen molar-refractivity contribution in [1.82, 2.24) is 24.7 Å². The van der Waals surface area contributed by atoms with Gasteiger partial charge in [0.25, 0.3) is 5.92 Å². The standard InChI is InChI=1S/C21H25F3N8O/c1-12(2)32-15-7-18(26-8-13(15)19(29-32)31-10-21(23,24)11-31)27-17-3-5-25-20(28-17)30-6-4-16(33)14(22)9-30/h3,5,7-8,12,14,16,33H,4,6,9-11H2,1-2H3,(H,25,26,27,28)/t14-,16+/m0/s1. The summed E-state index contributed by atoms with van der Waals surface area (Å²) in [5, 5.41) is 18.0. The number of halogens is 3. The van der Waals surface area contributed by atoms with Crippen LogP contribution in [0.5, 0.6) is 0 Å². The molecular weight excluding hydrogens is 437 g/mol. The first-order chi connectivity index (χ1) is 15.7. The molecule has 5 heterocycles. The summed E-state index contributed by atoms with van der Waals surface area (Å²) in [7, 11) is 0. The van der Waals surface area contributed by atoms with Crippen molar-refractivity contribution in [3.05, 3.63) is 24.5 Å². The van der Waals surface area contributed by atoms with Gasteiger partial charge in [-0.05, 0) is 26.3 Å². The minimum atomic E-state index is -2.69. The number of hydrogen-bond donors (Lipinski definition) is 2. The Morgan fingerprint density at radius 2 is 1.97 bits per heavy atom. The van der Waals surface area contributed by atoms with Crippen molar-refractivity contribution in [2.45, 2.75) is 44.5 Å². The number of pyridine rings is 1. The molecule has 0 saturated carbocycles. The van der Waals surface area contributed by atoms with Gasteiger partial charge in [0.2, 0.25) is 5.95 Å². The number of aliphatic hydroxyl groups excluding tert-OH is 1. The number of anilines is 4. The Hall–Kier alpha value is -3.15. The van der Waals surface area contributed by atoms with Gasteiger partial charge in [0.15, 0.2) is 5.82 Å². The third kappa shape index (κ3) is 4.14. The van der Waals surface area contributed by atoms with Crippen LogP contribution in [0.3, 0.4) is 0 Å². The molecule has 0 unspecified atom stereocenters. The number of alkyl halides is 3. The largest absolute Gasteiger partial charge is 0.390 e. The van der Waals surface area contributed by atoms with Crippen LogP contribution in [0.15, 0.2) is 24.5 Å². The highest BCUT2D eigenvalue weighted by Crippen LogP contribution is 2.36. The number of piperidine rings is 1. The summed E-state index contributed by atoms with van der Waals surface area (Å²) in [6.45, 7) is 3.72. The molecule has 0 spiro atoms. The van der Waals surface area contributed by atoms with E-state index >= 15 is 0 Å². The Balaban J connectivity index is 1.40. The van der Waals surface area contributed by atoms with Crippen LogP contribution in [-0.4, -0.2) is 74.2 Å². The molecule has 3 aromatic heterocycles. The van der Waals surface area contributed by atoms with Gasteiger partial charge >= 0.3 is 0 Å². The van der Waals surface area contributed by atoms with Crippen molar-refractivity contribution >= 4 is 34.3 Å². The van der Waals surface area contributed by atoms with Gasteiger partial charge in [-0.15, -0.1) is 0 Å². The molecule has 5 rings (SSSR count). The molecule has 2 atom stereocenters. The SMILES string of the molecule is CC(C)n1nc(N2CC(F)(F)C2)c2cnc(Nc3ccnc(N4CC[C@@H](O)[C@@H](F)C4)n3)cc21. The van der Waals surface area contributed by atoms with Crippen LogP contribution in [0.1, 0.15) is 26.3 Å². The number of nitrogens with zero attached hydrogens (tertiary/aromatic N) is 7. The fourth-order valence-electron chi connectivity index (χ4n) is 4.15. The monoisotopic (exact) mass is 462 g/mol. The highest BCUT2D eigenvalue weighted by Gasteiger charge is 2.45. The number of hydrogen-bond acceptors (Lipinski definition) is 8. The van der Waals surface area contributed by atoms with Crippen LogP contribution in [0, 0.1) is 0 Å². The first-order valence-corrected chi connectivity index (χ1v) is 10.9. The minimum absolute atomic E-state index is 0.0204. The minimum Gasteiger partial charge on any atom is -0.390 e. The molecule has 0 radical (unpaired) electrons. The first-order valence-electron chi connectivity index (χ1n) is 10.9. The maximum absolute atomic E-state index is 13.9. The molecule has 2 fully saturated rings. The van der Waals surface area contributed by atoms with E-state index in [2.05, 4.69) is 25.4 Å². The number of rotatable bonds is 5. The molecule has 176 valence electrons. The van der Waals surface area contributed by atoms with E-state index in [4.69, 9.17) is 0 Å². The van der Waals surface area contributed by atoms with Gasteiger partial charge in [-0.1, -0.05) is 0 Å². The van der Waals surface area contributed by atoms with Gasteiger partial charge in [-0.25, -0.2) is 23.1 Å². The van der Waals surface area contributed by atoms with Gasteiger partial charge in [0.1, 0.15) is 17.8 Å². The lowest BCUT2D eigenvalue weighted by Crippen LogP contribution is -2.56. The van der Waals surface area contributed by atoms with Crippen molar-refractivity contribution in [3.63, 3.8) is 0 Å². The molecule has 12 heteroatoms. The van der Waals surface area contributed by atoms with Crippen molar-refractivity contribution in [2.24, 2.45) is 0 Å². The number of aliphatic hydroxyl groups is 1. The molecule has 2 aliphatic rings. The Labute approximate surface area is 188 Å². The van der Waals surface area contributed by atoms with E-state index in [0.717, 1.165) is 5.52 Å². The third-order valence-corrected chi connectivity index (χ3v) is 5.89. The second kappa shape index (κ2) is 8.01. The third-order valence-electron chi connectivity index (χ3n) is 5.89. The molecule has 9 nitrogen and oxygen atoms in total. The Morgan fingerprint density at radius 3 is 2.67 bits per heavy atom. The van der Waals surface area contributed by atoms with Crippen molar-refractivity contribution < 1.29 is 18.3 Å². The average molecular weight is 462 g/mol. The zero-order chi connectivity index (χ0) is 23.3. The molecule has 2 saturated heterocycles. The van der Waals surface area contributed by atoms with Crippen LogP contribution in [0.25, 0.3) is 10.9 Å². The first kappa shape index (κ1) is 21.7. The fraction of sp³-hybridized carbons (Fsp3) is 0.524. The lowest BCUT2D eigenvalue weighted by Gasteiger charge is -2.39. The fourth-order valence-corrected chi connectivity index (χ4v) is 4.15. The van der Waals surface area contributed by atoms with Crippen molar-refractivity contribution in [2.75, 3.05) is 41.3 Å². The van der Waals surface area contributed by atoms with Gasteiger partial charge in [-0.3, -0.25) is 4.68 Å². The maximum Gasteiger partial charge on any atom is 0.282 e. The highest BCUT2D eigenvalue weighted by molar-refractivity contribution is 5.92.